The van der Waals surface area contributed by atoms with E-state index in [0.717, 1.165) is 16.9 Å². The fourth-order valence-corrected chi connectivity index (χ4v) is 2.45. The van der Waals surface area contributed by atoms with E-state index >= 15 is 0 Å². The average molecular weight is 352 g/mol. The Balaban J connectivity index is 1.57. The zero-order valence-corrected chi connectivity index (χ0v) is 14.4. The number of benzene rings is 2. The van der Waals surface area contributed by atoms with Gasteiger partial charge in [0.15, 0.2) is 0 Å². The summed E-state index contributed by atoms with van der Waals surface area (Å²) in [6.45, 7) is 0.605. The summed E-state index contributed by atoms with van der Waals surface area (Å²) in [5, 5.41) is 17.2. The lowest BCUT2D eigenvalue weighted by Gasteiger charge is -2.11. The van der Waals surface area contributed by atoms with Gasteiger partial charge in [0.1, 0.15) is 12.1 Å². The summed E-state index contributed by atoms with van der Waals surface area (Å²) in [6.07, 6.45) is 0.673. The minimum absolute atomic E-state index is 0.0721. The largest absolute Gasteiger partial charge is 0.497 e. The molecule has 0 spiro atoms. The van der Waals surface area contributed by atoms with Crippen LogP contribution in [0.25, 0.3) is 0 Å². The van der Waals surface area contributed by atoms with Crippen LogP contribution < -0.4 is 10.1 Å². The number of ether oxygens (including phenoxy) is 1. The van der Waals surface area contributed by atoms with Gasteiger partial charge in [-0.15, -0.1) is 5.10 Å². The number of aliphatic hydroxyl groups excluding tert-OH is 1. The molecule has 0 aliphatic carbocycles. The van der Waals surface area contributed by atoms with Crippen LogP contribution in [0.2, 0.25) is 0 Å². The summed E-state index contributed by atoms with van der Waals surface area (Å²) >= 11 is 0. The van der Waals surface area contributed by atoms with Crippen molar-refractivity contribution in [3.05, 3.63) is 77.9 Å². The minimum atomic E-state index is -0.761. The van der Waals surface area contributed by atoms with Gasteiger partial charge in [-0.3, -0.25) is 4.79 Å². The highest BCUT2D eigenvalue weighted by atomic mass is 16.5. The number of methoxy groups -OCH3 is 1. The second kappa shape index (κ2) is 8.26. The summed E-state index contributed by atoms with van der Waals surface area (Å²) < 4.78 is 6.55. The molecule has 1 aromatic heterocycles. The van der Waals surface area contributed by atoms with Crippen LogP contribution in [-0.4, -0.2) is 32.9 Å². The highest BCUT2D eigenvalue weighted by molar-refractivity contribution is 5.90. The Morgan fingerprint density at radius 1 is 1.19 bits per heavy atom. The summed E-state index contributed by atoms with van der Waals surface area (Å²) in [5.41, 5.74) is 1.73. The maximum Gasteiger partial charge on any atom is 0.291 e. The molecule has 134 valence electrons. The molecule has 0 saturated carbocycles. The summed E-state index contributed by atoms with van der Waals surface area (Å²) in [5.74, 6) is 0.438. The molecule has 7 nitrogen and oxygen atoms in total. The molecule has 0 radical (unpaired) electrons. The molecule has 0 aliphatic heterocycles. The molecule has 0 fully saturated rings. The van der Waals surface area contributed by atoms with Crippen LogP contribution in [0, 0.1) is 0 Å². The van der Waals surface area contributed by atoms with Crippen LogP contribution in [0.3, 0.4) is 0 Å². The number of carbonyl (C=O) groups is 1. The summed E-state index contributed by atoms with van der Waals surface area (Å²) in [4.78, 5) is 16.1. The fraction of sp³-hybridized carbons (Fsp3) is 0.211. The Bertz CT molecular complexity index is 847. The maximum atomic E-state index is 12.1. The number of amides is 1. The normalized spacial score (nSPS) is 11.8. The van der Waals surface area contributed by atoms with Crippen molar-refractivity contribution in [2.75, 3.05) is 7.11 Å². The third-order valence-corrected chi connectivity index (χ3v) is 3.90. The van der Waals surface area contributed by atoms with Crippen molar-refractivity contribution < 1.29 is 14.6 Å². The summed E-state index contributed by atoms with van der Waals surface area (Å²) in [6, 6.07) is 16.7. The van der Waals surface area contributed by atoms with E-state index in [1.54, 1.807) is 31.4 Å². The molecular weight excluding hydrogens is 332 g/mol. The quantitative estimate of drug-likeness (QED) is 0.678. The van der Waals surface area contributed by atoms with Crippen molar-refractivity contribution in [3.8, 4) is 5.75 Å². The van der Waals surface area contributed by atoms with Crippen molar-refractivity contribution in [2.24, 2.45) is 0 Å². The van der Waals surface area contributed by atoms with Crippen molar-refractivity contribution >= 4 is 5.91 Å². The van der Waals surface area contributed by atoms with E-state index in [1.807, 2.05) is 30.3 Å². The molecule has 26 heavy (non-hydrogen) atoms. The first-order valence-electron chi connectivity index (χ1n) is 8.19. The molecule has 3 aromatic rings. The van der Waals surface area contributed by atoms with Crippen LogP contribution in [0.1, 0.15) is 27.8 Å². The van der Waals surface area contributed by atoms with E-state index < -0.39 is 6.10 Å². The fourth-order valence-electron chi connectivity index (χ4n) is 2.45. The first-order chi connectivity index (χ1) is 12.7. The van der Waals surface area contributed by atoms with Crippen molar-refractivity contribution in [1.29, 1.82) is 0 Å². The van der Waals surface area contributed by atoms with Gasteiger partial charge in [0, 0.05) is 6.54 Å². The van der Waals surface area contributed by atoms with Gasteiger partial charge in [-0.1, -0.05) is 42.5 Å². The number of aliphatic hydroxyl groups is 1. The van der Waals surface area contributed by atoms with Crippen molar-refractivity contribution in [1.82, 2.24) is 20.1 Å². The molecule has 3 rings (SSSR count). The summed E-state index contributed by atoms with van der Waals surface area (Å²) in [7, 11) is 1.59. The van der Waals surface area contributed by atoms with Crippen molar-refractivity contribution in [2.45, 2.75) is 19.2 Å². The SMILES string of the molecule is COc1ccc(C(O)Cn2cnc(C(=O)NCc3ccccc3)n2)cc1. The van der Waals surface area contributed by atoms with Gasteiger partial charge in [0.2, 0.25) is 5.82 Å². The van der Waals surface area contributed by atoms with Gasteiger partial charge in [0.05, 0.1) is 19.8 Å². The van der Waals surface area contributed by atoms with E-state index in [-0.39, 0.29) is 18.3 Å². The topological polar surface area (TPSA) is 89.3 Å². The zero-order valence-electron chi connectivity index (χ0n) is 14.4. The van der Waals surface area contributed by atoms with Gasteiger partial charge in [-0.05, 0) is 23.3 Å². The second-order valence-corrected chi connectivity index (χ2v) is 5.75. The average Bonchev–Trinajstić information content (AvgIpc) is 3.15. The maximum absolute atomic E-state index is 12.1. The molecule has 1 heterocycles. The van der Waals surface area contributed by atoms with E-state index in [1.165, 1.54) is 11.0 Å². The number of carbonyl (C=O) groups excluding carboxylic acids is 1. The monoisotopic (exact) mass is 352 g/mol. The Morgan fingerprint density at radius 3 is 2.62 bits per heavy atom. The predicted molar refractivity (Wildman–Crippen MR) is 95.6 cm³/mol. The lowest BCUT2D eigenvalue weighted by atomic mass is 10.1. The molecule has 7 heteroatoms. The molecule has 1 atom stereocenters. The number of aromatic nitrogens is 3. The number of hydrogen-bond acceptors (Lipinski definition) is 5. The predicted octanol–water partition coefficient (Wildman–Crippen LogP) is 1.95. The van der Waals surface area contributed by atoms with Gasteiger partial charge < -0.3 is 15.2 Å². The molecule has 1 amide bonds. The standard InChI is InChI=1S/C19H20N4O3/c1-26-16-9-7-15(8-10-16)17(24)12-23-13-21-18(22-23)19(25)20-11-14-5-3-2-4-6-14/h2-10,13,17,24H,11-12H2,1H3,(H,20,25). The minimum Gasteiger partial charge on any atom is -0.497 e. The van der Waals surface area contributed by atoms with Crippen LogP contribution in [-0.2, 0) is 13.1 Å². The van der Waals surface area contributed by atoms with E-state index in [4.69, 9.17) is 4.74 Å². The molecular formula is C19H20N4O3. The van der Waals surface area contributed by atoms with Gasteiger partial charge in [0.25, 0.3) is 5.91 Å². The van der Waals surface area contributed by atoms with E-state index in [2.05, 4.69) is 15.4 Å². The molecule has 0 aliphatic rings. The molecule has 0 saturated heterocycles. The van der Waals surface area contributed by atoms with Crippen LogP contribution in [0.4, 0.5) is 0 Å². The smallest absolute Gasteiger partial charge is 0.291 e. The van der Waals surface area contributed by atoms with Crippen molar-refractivity contribution in [3.63, 3.8) is 0 Å². The lowest BCUT2D eigenvalue weighted by molar-refractivity contribution is 0.0938. The Morgan fingerprint density at radius 2 is 1.92 bits per heavy atom. The number of nitrogens with zero attached hydrogens (tertiary/aromatic N) is 3. The molecule has 2 aromatic carbocycles. The third kappa shape index (κ3) is 4.46. The number of nitrogens with one attached hydrogen (secondary N) is 1. The van der Waals surface area contributed by atoms with Crippen LogP contribution in [0.5, 0.6) is 5.75 Å². The Kier molecular flexibility index (Phi) is 5.60. The van der Waals surface area contributed by atoms with E-state index in [0.29, 0.717) is 6.54 Å². The molecule has 1 unspecified atom stereocenters. The van der Waals surface area contributed by atoms with Gasteiger partial charge >= 0.3 is 0 Å². The van der Waals surface area contributed by atoms with Crippen LogP contribution >= 0.6 is 0 Å². The lowest BCUT2D eigenvalue weighted by Crippen LogP contribution is -2.24. The number of rotatable bonds is 7. The third-order valence-electron chi connectivity index (χ3n) is 3.90. The Hall–Kier alpha value is -3.19. The molecule has 2 N–H and O–H groups in total. The second-order valence-electron chi connectivity index (χ2n) is 5.75. The highest BCUT2D eigenvalue weighted by Gasteiger charge is 2.14. The number of hydrogen-bond donors (Lipinski definition) is 2. The highest BCUT2D eigenvalue weighted by Crippen LogP contribution is 2.18. The van der Waals surface area contributed by atoms with Gasteiger partial charge in [-0.25, -0.2) is 9.67 Å². The van der Waals surface area contributed by atoms with Crippen LogP contribution in [0.15, 0.2) is 60.9 Å². The zero-order chi connectivity index (χ0) is 18.4. The Labute approximate surface area is 151 Å². The van der Waals surface area contributed by atoms with Gasteiger partial charge in [-0.2, -0.15) is 0 Å². The molecule has 0 bridgehead atoms. The first kappa shape index (κ1) is 17.6. The first-order valence-corrected chi connectivity index (χ1v) is 8.19. The van der Waals surface area contributed by atoms with E-state index in [9.17, 15) is 9.90 Å².